The molecule has 1 heterocycles. The summed E-state index contributed by atoms with van der Waals surface area (Å²) in [5, 5.41) is 12.0. The van der Waals surface area contributed by atoms with Crippen LogP contribution in [0.1, 0.15) is 57.9 Å². The Morgan fingerprint density at radius 3 is 2.64 bits per heavy atom. The lowest BCUT2D eigenvalue weighted by Gasteiger charge is -2.29. The number of benzene rings is 1. The molecule has 0 spiro atoms. The largest absolute Gasteiger partial charge is 0.480 e. The normalized spacial score (nSPS) is 19.4. The Kier molecular flexibility index (Phi) is 11.0. The molecule has 1 aromatic carbocycles. The maximum Gasteiger partial charge on any atom is 0.323 e. The minimum Gasteiger partial charge on any atom is -0.480 e. The van der Waals surface area contributed by atoms with E-state index in [0.717, 1.165) is 12.8 Å². The van der Waals surface area contributed by atoms with Crippen molar-refractivity contribution in [2.24, 2.45) is 0 Å². The van der Waals surface area contributed by atoms with Crippen LogP contribution >= 0.6 is 7.52 Å². The second-order valence-corrected chi connectivity index (χ2v) is 10.5. The van der Waals surface area contributed by atoms with E-state index in [9.17, 15) is 18.9 Å². The SMILES string of the molecule is CCC(=O)OC(C)OP(=O)(CCCCc1ccccc1)N[C@H]1CCCCN(CC(=O)O)C1=O. The van der Waals surface area contributed by atoms with Crippen LogP contribution in [0, 0.1) is 0 Å². The van der Waals surface area contributed by atoms with Gasteiger partial charge < -0.3 is 14.7 Å². The predicted octanol–water partition coefficient (Wildman–Crippen LogP) is 3.57. The molecule has 2 N–H and O–H groups in total. The van der Waals surface area contributed by atoms with E-state index in [-0.39, 0.29) is 12.6 Å². The monoisotopic (exact) mass is 482 g/mol. The smallest absolute Gasteiger partial charge is 0.323 e. The molecule has 0 aromatic heterocycles. The molecule has 1 aliphatic rings. The fraction of sp³-hybridized carbons (Fsp3) is 0.609. The number of carbonyl (C=O) groups is 3. The first-order valence-electron chi connectivity index (χ1n) is 11.5. The standard InChI is InChI=1S/C23H35N2O7P/c1-3-22(28)31-18(2)32-33(30,16-10-8-13-19-11-5-4-6-12-19)24-20-14-7-9-15-25(23(20)29)17-21(26)27/h4-6,11-12,18,20H,3,7-10,13-17H2,1-2H3,(H,24,30)(H,26,27)/t18?,20-,33?/m0/s1. The number of esters is 1. The first-order valence-corrected chi connectivity index (χ1v) is 13.3. The molecule has 184 valence electrons. The number of likely N-dealkylation sites (tertiary alicyclic amines) is 1. The fourth-order valence-corrected chi connectivity index (χ4v) is 5.93. The van der Waals surface area contributed by atoms with Gasteiger partial charge in [-0.3, -0.25) is 23.5 Å². The van der Waals surface area contributed by atoms with Crippen molar-refractivity contribution in [3.8, 4) is 0 Å². The maximum atomic E-state index is 13.7. The number of carboxylic acids is 1. The van der Waals surface area contributed by atoms with Gasteiger partial charge in [0.1, 0.15) is 6.54 Å². The van der Waals surface area contributed by atoms with Crippen molar-refractivity contribution in [2.75, 3.05) is 19.3 Å². The third-order valence-corrected chi connectivity index (χ3v) is 7.62. The highest BCUT2D eigenvalue weighted by molar-refractivity contribution is 7.56. The molecule has 1 amide bonds. The first-order chi connectivity index (χ1) is 15.7. The lowest BCUT2D eigenvalue weighted by Crippen LogP contribution is -2.46. The molecule has 1 saturated heterocycles. The number of ether oxygens (including phenoxy) is 1. The van der Waals surface area contributed by atoms with Crippen LogP contribution in [0.4, 0.5) is 0 Å². The summed E-state index contributed by atoms with van der Waals surface area (Å²) in [6.07, 6.45) is 3.23. The highest BCUT2D eigenvalue weighted by Crippen LogP contribution is 2.46. The van der Waals surface area contributed by atoms with Crippen LogP contribution in [-0.4, -0.2) is 59.4 Å². The molecular formula is C23H35N2O7P. The molecule has 1 aliphatic heterocycles. The van der Waals surface area contributed by atoms with Crippen LogP contribution in [0.25, 0.3) is 0 Å². The van der Waals surface area contributed by atoms with E-state index in [0.29, 0.717) is 32.2 Å². The van der Waals surface area contributed by atoms with Crippen molar-refractivity contribution in [1.82, 2.24) is 9.99 Å². The van der Waals surface area contributed by atoms with Crippen LogP contribution < -0.4 is 5.09 Å². The molecule has 3 atom stereocenters. The van der Waals surface area contributed by atoms with Gasteiger partial charge in [0.25, 0.3) is 7.52 Å². The number of nitrogens with zero attached hydrogens (tertiary/aromatic N) is 1. The van der Waals surface area contributed by atoms with Gasteiger partial charge in [0, 0.05) is 19.1 Å². The summed E-state index contributed by atoms with van der Waals surface area (Å²) in [7, 11) is -3.57. The summed E-state index contributed by atoms with van der Waals surface area (Å²) >= 11 is 0. The van der Waals surface area contributed by atoms with Crippen molar-refractivity contribution in [2.45, 2.75) is 71.1 Å². The van der Waals surface area contributed by atoms with Crippen LogP contribution in [0.15, 0.2) is 30.3 Å². The van der Waals surface area contributed by atoms with Crippen LogP contribution in [0.3, 0.4) is 0 Å². The van der Waals surface area contributed by atoms with Crippen molar-refractivity contribution in [1.29, 1.82) is 0 Å². The zero-order chi connectivity index (χ0) is 24.3. The molecule has 1 aromatic rings. The Hall–Kier alpha value is -2.22. The van der Waals surface area contributed by atoms with Crippen molar-refractivity contribution < 1.29 is 33.3 Å². The Morgan fingerprint density at radius 2 is 1.97 bits per heavy atom. The van der Waals surface area contributed by atoms with Gasteiger partial charge >= 0.3 is 11.9 Å². The number of nitrogens with one attached hydrogen (secondary N) is 1. The molecule has 2 unspecified atom stereocenters. The molecule has 0 aliphatic carbocycles. The van der Waals surface area contributed by atoms with Gasteiger partial charge in [0.15, 0.2) is 0 Å². The molecule has 2 rings (SSSR count). The maximum absolute atomic E-state index is 13.7. The number of unbranched alkanes of at least 4 members (excludes halogenated alkanes) is 1. The first kappa shape index (κ1) is 27.0. The number of aryl methyl sites for hydroxylation is 1. The zero-order valence-corrected chi connectivity index (χ0v) is 20.3. The Bertz CT molecular complexity index is 833. The van der Waals surface area contributed by atoms with Gasteiger partial charge in [0.05, 0.1) is 6.04 Å². The van der Waals surface area contributed by atoms with E-state index < -0.39 is 44.2 Å². The highest BCUT2D eigenvalue weighted by atomic mass is 31.2. The van der Waals surface area contributed by atoms with Crippen molar-refractivity contribution >= 4 is 25.4 Å². The predicted molar refractivity (Wildman–Crippen MR) is 124 cm³/mol. The summed E-state index contributed by atoms with van der Waals surface area (Å²) < 4.78 is 24.6. The molecule has 33 heavy (non-hydrogen) atoms. The van der Waals surface area contributed by atoms with E-state index in [2.05, 4.69) is 5.09 Å². The van der Waals surface area contributed by atoms with Gasteiger partial charge in [-0.2, -0.15) is 0 Å². The Balaban J connectivity index is 2.07. The Labute approximate surface area is 195 Å². The molecule has 1 fully saturated rings. The third kappa shape index (κ3) is 9.66. The quantitative estimate of drug-likeness (QED) is 0.189. The fourth-order valence-electron chi connectivity index (χ4n) is 3.75. The molecule has 0 radical (unpaired) electrons. The molecular weight excluding hydrogens is 447 g/mol. The van der Waals surface area contributed by atoms with Gasteiger partial charge in [-0.05, 0) is 51.0 Å². The highest BCUT2D eigenvalue weighted by Gasteiger charge is 2.36. The lowest BCUT2D eigenvalue weighted by molar-refractivity contribution is -0.160. The summed E-state index contributed by atoms with van der Waals surface area (Å²) in [6.45, 7) is 3.09. The molecule has 0 bridgehead atoms. The van der Waals surface area contributed by atoms with Gasteiger partial charge in [0.2, 0.25) is 12.2 Å². The van der Waals surface area contributed by atoms with E-state index >= 15 is 0 Å². The van der Waals surface area contributed by atoms with Crippen molar-refractivity contribution in [3.05, 3.63) is 35.9 Å². The van der Waals surface area contributed by atoms with Crippen molar-refractivity contribution in [3.63, 3.8) is 0 Å². The summed E-state index contributed by atoms with van der Waals surface area (Å²) in [5.74, 6) is -1.97. The molecule has 0 saturated carbocycles. The number of aliphatic carboxylic acids is 1. The second-order valence-electron chi connectivity index (χ2n) is 8.19. The van der Waals surface area contributed by atoms with Crippen LogP contribution in [-0.2, 0) is 34.6 Å². The Morgan fingerprint density at radius 1 is 1.24 bits per heavy atom. The average molecular weight is 483 g/mol. The van der Waals surface area contributed by atoms with Gasteiger partial charge in [-0.25, -0.2) is 5.09 Å². The van der Waals surface area contributed by atoms with Crippen LogP contribution in [0.5, 0.6) is 0 Å². The summed E-state index contributed by atoms with van der Waals surface area (Å²) in [4.78, 5) is 37.0. The summed E-state index contributed by atoms with van der Waals surface area (Å²) in [5.41, 5.74) is 1.18. The number of hydrogen-bond donors (Lipinski definition) is 2. The number of amides is 1. The number of carboxylic acid groups (broad SMARTS) is 1. The summed E-state index contributed by atoms with van der Waals surface area (Å²) in [6, 6.07) is 9.13. The number of rotatable bonds is 13. The van der Waals surface area contributed by atoms with Gasteiger partial charge in [-0.15, -0.1) is 0 Å². The minimum absolute atomic E-state index is 0.160. The third-order valence-electron chi connectivity index (χ3n) is 5.37. The minimum atomic E-state index is -3.57. The zero-order valence-electron chi connectivity index (χ0n) is 19.4. The lowest BCUT2D eigenvalue weighted by atomic mass is 10.1. The van der Waals surface area contributed by atoms with E-state index in [1.165, 1.54) is 17.4 Å². The number of carbonyl (C=O) groups excluding carboxylic acids is 2. The van der Waals surface area contributed by atoms with E-state index in [4.69, 9.17) is 14.4 Å². The number of hydrogen-bond acceptors (Lipinski definition) is 6. The molecule has 10 heteroatoms. The molecule has 9 nitrogen and oxygen atoms in total. The second kappa shape index (κ2) is 13.5. The van der Waals surface area contributed by atoms with E-state index in [1.807, 2.05) is 30.3 Å². The topological polar surface area (TPSA) is 122 Å². The van der Waals surface area contributed by atoms with Crippen LogP contribution in [0.2, 0.25) is 0 Å². The average Bonchev–Trinajstić information content (AvgIpc) is 2.93. The van der Waals surface area contributed by atoms with Gasteiger partial charge in [-0.1, -0.05) is 37.3 Å². The van der Waals surface area contributed by atoms with E-state index in [1.54, 1.807) is 6.92 Å².